The molecule has 2 nitrogen and oxygen atoms in total. The molecule has 1 aromatic rings. The van der Waals surface area contributed by atoms with E-state index in [9.17, 15) is 9.50 Å². The van der Waals surface area contributed by atoms with Crippen LogP contribution in [0.3, 0.4) is 0 Å². The van der Waals surface area contributed by atoms with Crippen LogP contribution in [0.4, 0.5) is 4.39 Å². The summed E-state index contributed by atoms with van der Waals surface area (Å²) in [6, 6.07) is 4.79. The summed E-state index contributed by atoms with van der Waals surface area (Å²) in [6.45, 7) is 2.37. The monoisotopic (exact) mass is 244 g/mol. The lowest BCUT2D eigenvalue weighted by Crippen LogP contribution is -3.12. The molecule has 2 N–H and O–H groups in total. The first-order chi connectivity index (χ1) is 7.66. The molecule has 4 heteroatoms. The van der Waals surface area contributed by atoms with Gasteiger partial charge >= 0.3 is 0 Å². The van der Waals surface area contributed by atoms with Crippen LogP contribution in [0.5, 0.6) is 0 Å². The standard InChI is InChI=1S/C12H15ClFNO/c13-11-2-1-3-12(14)10(11)8-15-6-4-9(16)5-7-15/h1-3,9,16H,4-8H2/p+1. The molecule has 0 saturated carbocycles. The lowest BCUT2D eigenvalue weighted by molar-refractivity contribution is -0.919. The Labute approximate surface area is 99.6 Å². The average molecular weight is 245 g/mol. The first kappa shape index (κ1) is 11.8. The van der Waals surface area contributed by atoms with Crippen LogP contribution in [-0.2, 0) is 6.54 Å². The van der Waals surface area contributed by atoms with Crippen LogP contribution < -0.4 is 4.90 Å². The Morgan fingerprint density at radius 1 is 1.38 bits per heavy atom. The van der Waals surface area contributed by atoms with E-state index in [0.29, 0.717) is 17.1 Å². The number of piperidine rings is 1. The van der Waals surface area contributed by atoms with Crippen LogP contribution in [0.1, 0.15) is 18.4 Å². The van der Waals surface area contributed by atoms with Crippen molar-refractivity contribution in [2.45, 2.75) is 25.5 Å². The minimum atomic E-state index is -0.230. The summed E-state index contributed by atoms with van der Waals surface area (Å²) in [4.78, 5) is 1.29. The molecule has 0 aliphatic carbocycles. The van der Waals surface area contributed by atoms with Crippen molar-refractivity contribution in [3.8, 4) is 0 Å². The maximum Gasteiger partial charge on any atom is 0.133 e. The van der Waals surface area contributed by atoms with Crippen molar-refractivity contribution < 1.29 is 14.4 Å². The van der Waals surface area contributed by atoms with Gasteiger partial charge in [-0.1, -0.05) is 17.7 Å². The van der Waals surface area contributed by atoms with Crippen LogP contribution in [0.25, 0.3) is 0 Å². The van der Waals surface area contributed by atoms with Gasteiger partial charge in [-0.25, -0.2) is 4.39 Å². The van der Waals surface area contributed by atoms with Gasteiger partial charge in [-0.05, 0) is 12.1 Å². The molecule has 0 aromatic heterocycles. The first-order valence-electron chi connectivity index (χ1n) is 5.61. The Morgan fingerprint density at radius 3 is 2.69 bits per heavy atom. The molecule has 1 aliphatic heterocycles. The molecule has 0 unspecified atom stereocenters. The molecule has 1 aliphatic rings. The minimum absolute atomic E-state index is 0.181. The molecule has 0 radical (unpaired) electrons. The van der Waals surface area contributed by atoms with E-state index in [0.717, 1.165) is 25.9 Å². The number of aliphatic hydroxyl groups is 1. The lowest BCUT2D eigenvalue weighted by atomic mass is 10.1. The fraction of sp³-hybridized carbons (Fsp3) is 0.500. The average Bonchev–Trinajstić information content (AvgIpc) is 2.26. The van der Waals surface area contributed by atoms with Crippen LogP contribution >= 0.6 is 11.6 Å². The van der Waals surface area contributed by atoms with Gasteiger partial charge in [-0.3, -0.25) is 0 Å². The lowest BCUT2D eigenvalue weighted by Gasteiger charge is -2.26. The van der Waals surface area contributed by atoms with Gasteiger partial charge in [-0.2, -0.15) is 0 Å². The summed E-state index contributed by atoms with van der Waals surface area (Å²) >= 11 is 5.97. The zero-order valence-electron chi connectivity index (χ0n) is 9.05. The quantitative estimate of drug-likeness (QED) is 0.798. The Morgan fingerprint density at radius 2 is 2.06 bits per heavy atom. The van der Waals surface area contributed by atoms with Gasteiger partial charge in [0.15, 0.2) is 0 Å². The maximum absolute atomic E-state index is 13.5. The number of nitrogens with one attached hydrogen (secondary N) is 1. The normalized spacial score (nSPS) is 25.7. The molecule has 0 bridgehead atoms. The van der Waals surface area contributed by atoms with Crippen molar-refractivity contribution >= 4 is 11.6 Å². The minimum Gasteiger partial charge on any atom is -0.393 e. The van der Waals surface area contributed by atoms with Gasteiger partial charge < -0.3 is 10.0 Å². The van der Waals surface area contributed by atoms with E-state index in [1.807, 2.05) is 0 Å². The van der Waals surface area contributed by atoms with E-state index < -0.39 is 0 Å². The second-order valence-electron chi connectivity index (χ2n) is 4.36. The number of hydrogen-bond donors (Lipinski definition) is 2. The largest absolute Gasteiger partial charge is 0.393 e. The predicted molar refractivity (Wildman–Crippen MR) is 61.1 cm³/mol. The van der Waals surface area contributed by atoms with Crippen molar-refractivity contribution in [2.24, 2.45) is 0 Å². The van der Waals surface area contributed by atoms with Gasteiger partial charge in [0.2, 0.25) is 0 Å². The highest BCUT2D eigenvalue weighted by atomic mass is 35.5. The Bertz CT molecular complexity index is 344. The maximum atomic E-state index is 13.5. The van der Waals surface area contributed by atoms with E-state index in [4.69, 9.17) is 11.6 Å². The van der Waals surface area contributed by atoms with Crippen LogP contribution in [-0.4, -0.2) is 24.3 Å². The van der Waals surface area contributed by atoms with Crippen molar-refractivity contribution in [1.29, 1.82) is 0 Å². The van der Waals surface area contributed by atoms with Gasteiger partial charge in [0.25, 0.3) is 0 Å². The molecule has 0 atom stereocenters. The van der Waals surface area contributed by atoms with E-state index in [-0.39, 0.29) is 11.9 Å². The smallest absolute Gasteiger partial charge is 0.133 e. The number of hydrogen-bond acceptors (Lipinski definition) is 1. The molecule has 0 spiro atoms. The van der Waals surface area contributed by atoms with Crippen LogP contribution in [0.15, 0.2) is 18.2 Å². The molecule has 88 valence electrons. The molecule has 2 rings (SSSR count). The topological polar surface area (TPSA) is 24.7 Å². The van der Waals surface area contributed by atoms with Crippen LogP contribution in [0, 0.1) is 5.82 Å². The third-order valence-electron chi connectivity index (χ3n) is 3.15. The van der Waals surface area contributed by atoms with E-state index >= 15 is 0 Å². The molecule has 1 aromatic carbocycles. The Balaban J connectivity index is 2.04. The third-order valence-corrected chi connectivity index (χ3v) is 3.50. The highest BCUT2D eigenvalue weighted by Crippen LogP contribution is 2.17. The van der Waals surface area contributed by atoms with E-state index in [1.165, 1.54) is 11.0 Å². The Kier molecular flexibility index (Phi) is 3.79. The zero-order chi connectivity index (χ0) is 11.5. The highest BCUT2D eigenvalue weighted by Gasteiger charge is 2.22. The van der Waals surface area contributed by atoms with Crippen molar-refractivity contribution in [2.75, 3.05) is 13.1 Å². The number of benzene rings is 1. The van der Waals surface area contributed by atoms with Gasteiger partial charge in [0, 0.05) is 12.8 Å². The van der Waals surface area contributed by atoms with Gasteiger partial charge in [-0.15, -0.1) is 0 Å². The predicted octanol–water partition coefficient (Wildman–Crippen LogP) is 1.02. The summed E-state index contributed by atoms with van der Waals surface area (Å²) in [6.07, 6.45) is 1.41. The fourth-order valence-corrected chi connectivity index (χ4v) is 2.37. The SMILES string of the molecule is OC1CC[NH+](Cc2c(F)cccc2Cl)CC1. The first-order valence-corrected chi connectivity index (χ1v) is 5.99. The third kappa shape index (κ3) is 2.73. The zero-order valence-corrected chi connectivity index (χ0v) is 9.80. The molecule has 1 heterocycles. The Hall–Kier alpha value is -0.640. The molecule has 0 amide bonds. The summed E-state index contributed by atoms with van der Waals surface area (Å²) in [5.74, 6) is -0.230. The number of aliphatic hydroxyl groups excluding tert-OH is 1. The number of halogens is 2. The second-order valence-corrected chi connectivity index (χ2v) is 4.77. The fourth-order valence-electron chi connectivity index (χ4n) is 2.14. The van der Waals surface area contributed by atoms with Crippen molar-refractivity contribution in [3.05, 3.63) is 34.6 Å². The number of quaternary nitrogens is 1. The summed E-state index contributed by atoms with van der Waals surface area (Å²) in [7, 11) is 0. The summed E-state index contributed by atoms with van der Waals surface area (Å²) < 4.78 is 13.5. The van der Waals surface area contributed by atoms with E-state index in [2.05, 4.69) is 0 Å². The van der Waals surface area contributed by atoms with E-state index in [1.54, 1.807) is 12.1 Å². The van der Waals surface area contributed by atoms with Gasteiger partial charge in [0.1, 0.15) is 12.4 Å². The molecular weight excluding hydrogens is 229 g/mol. The summed E-state index contributed by atoms with van der Waals surface area (Å²) in [5.41, 5.74) is 0.593. The van der Waals surface area contributed by atoms with Crippen LogP contribution in [0.2, 0.25) is 5.02 Å². The van der Waals surface area contributed by atoms with Crippen molar-refractivity contribution in [3.63, 3.8) is 0 Å². The highest BCUT2D eigenvalue weighted by molar-refractivity contribution is 6.31. The van der Waals surface area contributed by atoms with Gasteiger partial charge in [0.05, 0.1) is 29.8 Å². The summed E-state index contributed by atoms with van der Waals surface area (Å²) in [5, 5.41) is 9.89. The van der Waals surface area contributed by atoms with Crippen molar-refractivity contribution in [1.82, 2.24) is 0 Å². The molecular formula is C12H16ClFNO+. The molecule has 16 heavy (non-hydrogen) atoms. The number of likely N-dealkylation sites (tertiary alicyclic amines) is 1. The molecule has 1 fully saturated rings. The molecule has 1 saturated heterocycles. The number of rotatable bonds is 2. The second kappa shape index (κ2) is 5.13.